The summed E-state index contributed by atoms with van der Waals surface area (Å²) in [6.45, 7) is 3.56. The van der Waals surface area contributed by atoms with Crippen LogP contribution in [-0.2, 0) is 9.53 Å². The first-order chi connectivity index (χ1) is 15.8. The molecular weight excluding hydrogens is 420 g/mol. The van der Waals surface area contributed by atoms with E-state index in [1.807, 2.05) is 0 Å². The minimum Gasteiger partial charge on any atom is -0.461 e. The number of hydrazine groups is 1. The molecule has 3 aliphatic carbocycles. The average molecular weight is 469 g/mol. The lowest BCUT2D eigenvalue weighted by Gasteiger charge is -2.35. The number of carbonyl (C=O) groups excluding carboxylic acids is 1. The predicted molar refractivity (Wildman–Crippen MR) is 128 cm³/mol. The molecule has 0 aromatic heterocycles. The van der Waals surface area contributed by atoms with Gasteiger partial charge in [-0.1, -0.05) is 64.2 Å². The summed E-state index contributed by atoms with van der Waals surface area (Å²) in [6, 6.07) is -0.829. The van der Waals surface area contributed by atoms with Crippen LogP contribution in [0.4, 0.5) is 0 Å². The molecule has 0 bridgehead atoms. The number of aliphatic hydroxyl groups excluding tert-OH is 3. The number of hydrogen-bond donors (Lipinski definition) is 5. The summed E-state index contributed by atoms with van der Waals surface area (Å²) in [5.41, 5.74) is 6.52. The Hall–Kier alpha value is -0.730. The van der Waals surface area contributed by atoms with E-state index in [1.165, 1.54) is 38.5 Å². The largest absolute Gasteiger partial charge is 0.461 e. The van der Waals surface area contributed by atoms with Gasteiger partial charge in [0.2, 0.25) is 0 Å². The van der Waals surface area contributed by atoms with Crippen molar-refractivity contribution in [3.63, 3.8) is 0 Å². The third-order valence-electron chi connectivity index (χ3n) is 7.92. The van der Waals surface area contributed by atoms with Crippen molar-refractivity contribution >= 4 is 5.97 Å². The lowest BCUT2D eigenvalue weighted by Crippen LogP contribution is -2.59. The molecule has 3 rings (SSSR count). The molecule has 0 amide bonds. The van der Waals surface area contributed by atoms with Crippen LogP contribution >= 0.6 is 0 Å². The summed E-state index contributed by atoms with van der Waals surface area (Å²) in [5, 5.41) is 32.5. The van der Waals surface area contributed by atoms with E-state index in [-0.39, 0.29) is 18.1 Å². The van der Waals surface area contributed by atoms with Gasteiger partial charge in [-0.2, -0.15) is 0 Å². The summed E-state index contributed by atoms with van der Waals surface area (Å²) >= 11 is 0. The highest BCUT2D eigenvalue weighted by Gasteiger charge is 2.39. The van der Waals surface area contributed by atoms with Gasteiger partial charge in [0.1, 0.15) is 0 Å². The van der Waals surface area contributed by atoms with E-state index in [0.717, 1.165) is 44.9 Å². The van der Waals surface area contributed by atoms with Crippen molar-refractivity contribution in [1.82, 2.24) is 10.9 Å². The number of aliphatic hydroxyl groups is 3. The van der Waals surface area contributed by atoms with Crippen LogP contribution in [0.3, 0.4) is 0 Å². The van der Waals surface area contributed by atoms with Crippen LogP contribution in [0.1, 0.15) is 104 Å². The van der Waals surface area contributed by atoms with Gasteiger partial charge in [0.05, 0.1) is 30.4 Å². The molecule has 5 N–H and O–H groups in total. The third kappa shape index (κ3) is 8.77. The average Bonchev–Trinajstić information content (AvgIpc) is 3.66. The standard InChI is InChI=1S/C26H48N2O5/c1-17(2)33-26(32)25(31)22(16-19-11-7-4-8-12-19)28-27-21(15-18-9-5-3-6-10-18)24(30)23(29)20-13-14-20/h17-25,27-31H,3-16H2,1-2H3/t21-,22-,23-,24+,25+/m0/s1. The minimum atomic E-state index is -1.28. The lowest BCUT2D eigenvalue weighted by molar-refractivity contribution is -0.159. The van der Waals surface area contributed by atoms with Crippen molar-refractivity contribution in [3.05, 3.63) is 0 Å². The van der Waals surface area contributed by atoms with Crippen LogP contribution in [-0.4, -0.2) is 57.8 Å². The van der Waals surface area contributed by atoms with Gasteiger partial charge in [0.15, 0.2) is 6.10 Å². The van der Waals surface area contributed by atoms with Crippen molar-refractivity contribution in [1.29, 1.82) is 0 Å². The number of hydrogen-bond acceptors (Lipinski definition) is 7. The summed E-state index contributed by atoms with van der Waals surface area (Å²) in [7, 11) is 0. The molecule has 33 heavy (non-hydrogen) atoms. The molecule has 0 aliphatic heterocycles. The van der Waals surface area contributed by atoms with E-state index >= 15 is 0 Å². The van der Waals surface area contributed by atoms with E-state index in [9.17, 15) is 20.1 Å². The number of esters is 1. The van der Waals surface area contributed by atoms with Crippen LogP contribution in [0.25, 0.3) is 0 Å². The quantitative estimate of drug-likeness (QED) is 0.208. The smallest absolute Gasteiger partial charge is 0.336 e. The highest BCUT2D eigenvalue weighted by atomic mass is 16.6. The normalized spacial score (nSPS) is 25.4. The molecule has 7 nitrogen and oxygen atoms in total. The molecule has 7 heteroatoms. The SMILES string of the molecule is CC(C)OC(=O)[C@H](O)[C@H](CC1CCCCC1)NN[C@@H](CC1CCCCC1)[C@@H](O)[C@@H](O)C1CC1. The molecule has 3 fully saturated rings. The molecule has 0 aromatic rings. The first-order valence-electron chi connectivity index (χ1n) is 13.6. The molecule has 0 spiro atoms. The van der Waals surface area contributed by atoms with Crippen LogP contribution in [0.5, 0.6) is 0 Å². The maximum absolute atomic E-state index is 12.5. The maximum Gasteiger partial charge on any atom is 0.336 e. The fourth-order valence-corrected chi connectivity index (χ4v) is 5.75. The zero-order chi connectivity index (χ0) is 23.8. The monoisotopic (exact) mass is 468 g/mol. The first-order valence-corrected chi connectivity index (χ1v) is 13.6. The second-order valence-electron chi connectivity index (χ2n) is 11.2. The summed E-state index contributed by atoms with van der Waals surface area (Å²) in [4.78, 5) is 12.5. The Bertz CT molecular complexity index is 573. The molecule has 0 heterocycles. The van der Waals surface area contributed by atoms with Gasteiger partial charge < -0.3 is 20.1 Å². The predicted octanol–water partition coefficient (Wildman–Crippen LogP) is 3.20. The Morgan fingerprint density at radius 2 is 1.27 bits per heavy atom. The van der Waals surface area contributed by atoms with Crippen LogP contribution in [0, 0.1) is 17.8 Å². The number of rotatable bonds is 13. The molecule has 0 saturated heterocycles. The van der Waals surface area contributed by atoms with Gasteiger partial charge in [-0.05, 0) is 57.3 Å². The number of carbonyl (C=O) groups is 1. The van der Waals surface area contributed by atoms with Crippen molar-refractivity contribution in [3.8, 4) is 0 Å². The molecule has 192 valence electrons. The second-order valence-corrected chi connectivity index (χ2v) is 11.2. The maximum atomic E-state index is 12.5. The molecule has 3 saturated carbocycles. The zero-order valence-electron chi connectivity index (χ0n) is 20.8. The molecular formula is C26H48N2O5. The Balaban J connectivity index is 1.65. The van der Waals surface area contributed by atoms with E-state index in [4.69, 9.17) is 4.74 Å². The van der Waals surface area contributed by atoms with Crippen LogP contribution in [0.15, 0.2) is 0 Å². The van der Waals surface area contributed by atoms with Gasteiger partial charge in [-0.3, -0.25) is 10.9 Å². The van der Waals surface area contributed by atoms with Crippen LogP contribution < -0.4 is 10.9 Å². The fraction of sp³-hybridized carbons (Fsp3) is 0.962. The first kappa shape index (κ1) is 26.9. The zero-order valence-corrected chi connectivity index (χ0v) is 20.8. The highest BCUT2D eigenvalue weighted by Crippen LogP contribution is 2.36. The number of ether oxygens (including phenoxy) is 1. The summed E-state index contributed by atoms with van der Waals surface area (Å²) < 4.78 is 5.29. The van der Waals surface area contributed by atoms with Crippen molar-refractivity contribution in [2.45, 2.75) is 140 Å². The topological polar surface area (TPSA) is 111 Å². The van der Waals surface area contributed by atoms with Gasteiger partial charge >= 0.3 is 5.97 Å². The van der Waals surface area contributed by atoms with Gasteiger partial charge in [0.25, 0.3) is 0 Å². The second kappa shape index (κ2) is 13.4. The van der Waals surface area contributed by atoms with Crippen molar-refractivity contribution in [2.75, 3.05) is 0 Å². The van der Waals surface area contributed by atoms with Crippen LogP contribution in [0.2, 0.25) is 0 Å². The fourth-order valence-electron chi connectivity index (χ4n) is 5.75. The van der Waals surface area contributed by atoms with E-state index in [2.05, 4.69) is 10.9 Å². The highest BCUT2D eigenvalue weighted by molar-refractivity contribution is 5.75. The lowest BCUT2D eigenvalue weighted by atomic mass is 9.82. The van der Waals surface area contributed by atoms with E-state index in [0.29, 0.717) is 18.3 Å². The molecule has 3 aliphatic rings. The summed E-state index contributed by atoms with van der Waals surface area (Å²) in [6.07, 6.45) is 12.1. The molecule has 5 atom stereocenters. The van der Waals surface area contributed by atoms with Gasteiger partial charge in [0, 0.05) is 0 Å². The molecule has 0 unspecified atom stereocenters. The van der Waals surface area contributed by atoms with E-state index < -0.39 is 30.3 Å². The van der Waals surface area contributed by atoms with E-state index in [1.54, 1.807) is 13.8 Å². The molecule has 0 aromatic carbocycles. The van der Waals surface area contributed by atoms with Gasteiger partial charge in [-0.25, -0.2) is 4.79 Å². The Labute approximate surface area is 200 Å². The number of nitrogens with one attached hydrogen (secondary N) is 2. The minimum absolute atomic E-state index is 0.181. The Kier molecular flexibility index (Phi) is 10.9. The third-order valence-corrected chi connectivity index (χ3v) is 7.92. The van der Waals surface area contributed by atoms with Crippen molar-refractivity contribution < 1.29 is 24.9 Å². The Morgan fingerprint density at radius 1 is 0.788 bits per heavy atom. The Morgan fingerprint density at radius 3 is 1.76 bits per heavy atom. The van der Waals surface area contributed by atoms with Gasteiger partial charge in [-0.15, -0.1) is 0 Å². The summed E-state index contributed by atoms with van der Waals surface area (Å²) in [5.74, 6) is 0.549. The molecule has 0 radical (unpaired) electrons. The van der Waals surface area contributed by atoms with Crippen molar-refractivity contribution in [2.24, 2.45) is 17.8 Å².